The summed E-state index contributed by atoms with van der Waals surface area (Å²) in [6, 6.07) is 7.35. The first-order valence-electron chi connectivity index (χ1n) is 6.86. The fourth-order valence-corrected chi connectivity index (χ4v) is 4.63. The van der Waals surface area contributed by atoms with Crippen LogP contribution in [0.3, 0.4) is 0 Å². The Labute approximate surface area is 125 Å². The van der Waals surface area contributed by atoms with Crippen LogP contribution in [0.25, 0.3) is 0 Å². The predicted molar refractivity (Wildman–Crippen MR) is 84.7 cm³/mol. The number of hydrogen-bond donors (Lipinski definition) is 1. The van der Waals surface area contributed by atoms with Crippen molar-refractivity contribution in [3.8, 4) is 0 Å². The maximum absolute atomic E-state index is 12.3. The van der Waals surface area contributed by atoms with E-state index in [0.717, 1.165) is 23.6 Å². The standard InChI is InChI=1S/C14H22N2O2S2/c1-12-11-19-8-6-16(12)7-9-20(17,18)14-4-2-13(10-15)3-5-14/h2-5,12H,6-11,15H2,1H3. The molecule has 0 saturated carbocycles. The number of nitrogens with zero attached hydrogens (tertiary/aromatic N) is 1. The Morgan fingerprint density at radius 3 is 2.65 bits per heavy atom. The van der Waals surface area contributed by atoms with Crippen LogP contribution in [0.4, 0.5) is 0 Å². The Kier molecular flexibility index (Phi) is 5.49. The van der Waals surface area contributed by atoms with Crippen molar-refractivity contribution in [2.24, 2.45) is 5.73 Å². The highest BCUT2D eigenvalue weighted by Gasteiger charge is 2.21. The minimum atomic E-state index is -3.20. The Morgan fingerprint density at radius 2 is 2.05 bits per heavy atom. The minimum absolute atomic E-state index is 0.185. The summed E-state index contributed by atoms with van der Waals surface area (Å²) in [5.74, 6) is 2.37. The van der Waals surface area contributed by atoms with Crippen molar-refractivity contribution in [1.82, 2.24) is 4.90 Å². The van der Waals surface area contributed by atoms with Gasteiger partial charge in [-0.25, -0.2) is 8.42 Å². The summed E-state index contributed by atoms with van der Waals surface area (Å²) in [6.45, 7) is 4.19. The second-order valence-corrected chi connectivity index (χ2v) is 8.39. The number of sulfone groups is 1. The summed E-state index contributed by atoms with van der Waals surface area (Å²) < 4.78 is 24.6. The highest BCUT2D eigenvalue weighted by Crippen LogP contribution is 2.17. The average molecular weight is 314 g/mol. The zero-order valence-corrected chi connectivity index (χ0v) is 13.4. The first kappa shape index (κ1) is 15.8. The van der Waals surface area contributed by atoms with E-state index in [0.29, 0.717) is 24.0 Å². The minimum Gasteiger partial charge on any atom is -0.326 e. The third kappa shape index (κ3) is 3.97. The summed E-state index contributed by atoms with van der Waals surface area (Å²) in [6.07, 6.45) is 0. The van der Waals surface area contributed by atoms with Crippen LogP contribution in [0.2, 0.25) is 0 Å². The van der Waals surface area contributed by atoms with Gasteiger partial charge >= 0.3 is 0 Å². The van der Waals surface area contributed by atoms with Gasteiger partial charge in [0.25, 0.3) is 0 Å². The zero-order valence-electron chi connectivity index (χ0n) is 11.8. The van der Waals surface area contributed by atoms with Crippen molar-refractivity contribution in [3.63, 3.8) is 0 Å². The van der Waals surface area contributed by atoms with Gasteiger partial charge in [-0.3, -0.25) is 4.90 Å². The predicted octanol–water partition coefficient (Wildman–Crippen LogP) is 1.36. The fourth-order valence-electron chi connectivity index (χ4n) is 2.28. The summed E-state index contributed by atoms with van der Waals surface area (Å²) in [5, 5.41) is 0. The molecule has 0 amide bonds. The van der Waals surface area contributed by atoms with E-state index in [1.54, 1.807) is 24.3 Å². The summed E-state index contributed by atoms with van der Waals surface area (Å²) in [7, 11) is -3.20. The van der Waals surface area contributed by atoms with Crippen LogP contribution in [-0.2, 0) is 16.4 Å². The largest absolute Gasteiger partial charge is 0.326 e. The van der Waals surface area contributed by atoms with Crippen LogP contribution in [0.15, 0.2) is 29.2 Å². The van der Waals surface area contributed by atoms with E-state index in [9.17, 15) is 8.42 Å². The topological polar surface area (TPSA) is 63.4 Å². The molecule has 0 radical (unpaired) electrons. The first-order chi connectivity index (χ1) is 9.53. The SMILES string of the molecule is CC1CSCCN1CCS(=O)(=O)c1ccc(CN)cc1. The van der Waals surface area contributed by atoms with E-state index < -0.39 is 9.84 Å². The molecule has 0 bridgehead atoms. The van der Waals surface area contributed by atoms with Crippen molar-refractivity contribution in [3.05, 3.63) is 29.8 Å². The van der Waals surface area contributed by atoms with Gasteiger partial charge in [-0.2, -0.15) is 11.8 Å². The maximum Gasteiger partial charge on any atom is 0.179 e. The number of nitrogens with two attached hydrogens (primary N) is 1. The van der Waals surface area contributed by atoms with E-state index in [2.05, 4.69) is 11.8 Å². The third-order valence-corrected chi connectivity index (χ3v) is 6.57. The molecule has 6 heteroatoms. The lowest BCUT2D eigenvalue weighted by Crippen LogP contribution is -2.42. The zero-order chi connectivity index (χ0) is 14.6. The molecule has 0 aliphatic carbocycles. The smallest absolute Gasteiger partial charge is 0.179 e. The first-order valence-corrected chi connectivity index (χ1v) is 9.67. The molecule has 1 heterocycles. The molecule has 1 atom stereocenters. The molecule has 1 saturated heterocycles. The maximum atomic E-state index is 12.3. The number of benzene rings is 1. The van der Waals surface area contributed by atoms with Gasteiger partial charge in [0.2, 0.25) is 0 Å². The van der Waals surface area contributed by atoms with Crippen molar-refractivity contribution in [2.45, 2.75) is 24.4 Å². The van der Waals surface area contributed by atoms with Gasteiger partial charge in [-0.15, -0.1) is 0 Å². The molecule has 2 N–H and O–H groups in total. The van der Waals surface area contributed by atoms with Crippen molar-refractivity contribution in [2.75, 3.05) is 30.3 Å². The molecule has 1 aliphatic rings. The fraction of sp³-hybridized carbons (Fsp3) is 0.571. The van der Waals surface area contributed by atoms with E-state index >= 15 is 0 Å². The molecule has 1 aliphatic heterocycles. The van der Waals surface area contributed by atoms with Gasteiger partial charge in [-0.05, 0) is 24.6 Å². The van der Waals surface area contributed by atoms with Crippen molar-refractivity contribution in [1.29, 1.82) is 0 Å². The Morgan fingerprint density at radius 1 is 1.35 bits per heavy atom. The summed E-state index contributed by atoms with van der Waals surface area (Å²) in [5.41, 5.74) is 6.47. The number of hydrogen-bond acceptors (Lipinski definition) is 5. The van der Waals surface area contributed by atoms with Crippen molar-refractivity contribution < 1.29 is 8.42 Å². The van der Waals surface area contributed by atoms with Gasteiger partial charge in [0.05, 0.1) is 10.6 Å². The Hall–Kier alpha value is -0.560. The van der Waals surface area contributed by atoms with E-state index in [-0.39, 0.29) is 5.75 Å². The second kappa shape index (κ2) is 6.93. The quantitative estimate of drug-likeness (QED) is 0.889. The van der Waals surface area contributed by atoms with Crippen LogP contribution in [0.1, 0.15) is 12.5 Å². The van der Waals surface area contributed by atoms with Gasteiger partial charge in [0.15, 0.2) is 9.84 Å². The molecule has 0 spiro atoms. The Balaban J connectivity index is 1.99. The molecule has 2 rings (SSSR count). The molecule has 0 aromatic heterocycles. The van der Waals surface area contributed by atoms with E-state index in [1.807, 2.05) is 11.8 Å². The number of thioether (sulfide) groups is 1. The molecule has 1 unspecified atom stereocenters. The molecular weight excluding hydrogens is 292 g/mol. The van der Waals surface area contributed by atoms with Gasteiger partial charge in [0, 0.05) is 37.2 Å². The van der Waals surface area contributed by atoms with Gasteiger partial charge in [-0.1, -0.05) is 12.1 Å². The van der Waals surface area contributed by atoms with Crippen LogP contribution < -0.4 is 5.73 Å². The molecule has 112 valence electrons. The lowest BCUT2D eigenvalue weighted by molar-refractivity contribution is 0.246. The normalized spacial score (nSPS) is 21.0. The van der Waals surface area contributed by atoms with Gasteiger partial charge < -0.3 is 5.73 Å². The van der Waals surface area contributed by atoms with Crippen LogP contribution >= 0.6 is 11.8 Å². The third-order valence-electron chi connectivity index (χ3n) is 3.67. The molecule has 1 aromatic rings. The molecular formula is C14H22N2O2S2. The number of rotatable bonds is 5. The second-order valence-electron chi connectivity index (χ2n) is 5.13. The summed E-state index contributed by atoms with van der Waals surface area (Å²) in [4.78, 5) is 2.66. The molecule has 20 heavy (non-hydrogen) atoms. The molecule has 4 nitrogen and oxygen atoms in total. The van der Waals surface area contributed by atoms with Crippen LogP contribution in [0.5, 0.6) is 0 Å². The lowest BCUT2D eigenvalue weighted by atomic mass is 10.2. The molecule has 1 aromatic carbocycles. The summed E-state index contributed by atoms with van der Waals surface area (Å²) >= 11 is 1.94. The monoisotopic (exact) mass is 314 g/mol. The van der Waals surface area contributed by atoms with Crippen LogP contribution in [0, 0.1) is 0 Å². The molecule has 1 fully saturated rings. The highest BCUT2D eigenvalue weighted by molar-refractivity contribution is 7.99. The van der Waals surface area contributed by atoms with Gasteiger partial charge in [0.1, 0.15) is 0 Å². The Bertz CT molecular complexity index is 529. The lowest BCUT2D eigenvalue weighted by Gasteiger charge is -2.32. The average Bonchev–Trinajstić information content (AvgIpc) is 2.46. The van der Waals surface area contributed by atoms with Crippen molar-refractivity contribution >= 4 is 21.6 Å². The van der Waals surface area contributed by atoms with E-state index in [4.69, 9.17) is 5.73 Å². The van der Waals surface area contributed by atoms with E-state index in [1.165, 1.54) is 0 Å². The highest BCUT2D eigenvalue weighted by atomic mass is 32.2. The van der Waals surface area contributed by atoms with Crippen LogP contribution in [-0.4, -0.2) is 49.7 Å².